The van der Waals surface area contributed by atoms with Crippen LogP contribution in [-0.2, 0) is 9.59 Å². The summed E-state index contributed by atoms with van der Waals surface area (Å²) in [6, 6.07) is 5.10. The molecule has 86 valence electrons. The molecule has 0 fully saturated rings. The van der Waals surface area contributed by atoms with Crippen molar-refractivity contribution in [1.82, 2.24) is 0 Å². The number of ether oxygens (including phenoxy) is 1. The Labute approximate surface area is 93.6 Å². The average Bonchev–Trinajstić information content (AvgIpc) is 2.22. The highest BCUT2D eigenvalue weighted by atomic mass is 16.5. The maximum Gasteiger partial charge on any atom is 0.313 e. The van der Waals surface area contributed by atoms with Crippen molar-refractivity contribution in [2.24, 2.45) is 5.73 Å². The molecule has 0 spiro atoms. The zero-order valence-corrected chi connectivity index (χ0v) is 9.24. The molecule has 1 aromatic rings. The average molecular weight is 222 g/mol. The van der Waals surface area contributed by atoms with Gasteiger partial charge in [0.05, 0.1) is 6.61 Å². The number of carbonyl (C=O) groups is 2. The fourth-order valence-corrected chi connectivity index (χ4v) is 1.24. The number of carbonyl (C=O) groups excluding carboxylic acids is 2. The molecular formula is C11H14N2O3. The van der Waals surface area contributed by atoms with Crippen molar-refractivity contribution in [1.29, 1.82) is 0 Å². The molecule has 3 N–H and O–H groups in total. The lowest BCUT2D eigenvalue weighted by Gasteiger charge is -2.09. The summed E-state index contributed by atoms with van der Waals surface area (Å²) in [7, 11) is 0. The van der Waals surface area contributed by atoms with Crippen LogP contribution in [0.3, 0.4) is 0 Å². The summed E-state index contributed by atoms with van der Waals surface area (Å²) in [6.07, 6.45) is 0. The van der Waals surface area contributed by atoms with Gasteiger partial charge in [0.1, 0.15) is 5.75 Å². The van der Waals surface area contributed by atoms with Crippen molar-refractivity contribution in [2.75, 3.05) is 11.9 Å². The van der Waals surface area contributed by atoms with Crippen LogP contribution in [-0.4, -0.2) is 18.4 Å². The van der Waals surface area contributed by atoms with E-state index in [2.05, 4.69) is 5.32 Å². The molecule has 16 heavy (non-hydrogen) atoms. The molecule has 0 saturated heterocycles. The third kappa shape index (κ3) is 2.98. The Balaban J connectivity index is 2.81. The van der Waals surface area contributed by atoms with Gasteiger partial charge in [0.25, 0.3) is 0 Å². The third-order valence-electron chi connectivity index (χ3n) is 1.96. The van der Waals surface area contributed by atoms with Gasteiger partial charge in [0, 0.05) is 5.69 Å². The Bertz CT molecular complexity index is 416. The number of nitrogens with one attached hydrogen (secondary N) is 1. The fraction of sp³-hybridized carbons (Fsp3) is 0.273. The SMILES string of the molecule is CCOc1ccc(NC(=O)C(N)=O)cc1C. The van der Waals surface area contributed by atoms with Crippen LogP contribution < -0.4 is 15.8 Å². The molecule has 1 aromatic carbocycles. The molecule has 0 aromatic heterocycles. The van der Waals surface area contributed by atoms with Crippen LogP contribution in [0.2, 0.25) is 0 Å². The van der Waals surface area contributed by atoms with E-state index in [1.54, 1.807) is 18.2 Å². The fourth-order valence-electron chi connectivity index (χ4n) is 1.24. The second-order valence-electron chi connectivity index (χ2n) is 3.23. The molecule has 0 bridgehead atoms. The van der Waals surface area contributed by atoms with Gasteiger partial charge in [-0.15, -0.1) is 0 Å². The molecule has 5 heteroatoms. The molecule has 0 unspecified atom stereocenters. The summed E-state index contributed by atoms with van der Waals surface area (Å²) in [5.41, 5.74) is 6.22. The van der Waals surface area contributed by atoms with E-state index < -0.39 is 11.8 Å². The van der Waals surface area contributed by atoms with E-state index in [4.69, 9.17) is 10.5 Å². The third-order valence-corrected chi connectivity index (χ3v) is 1.96. The molecule has 0 aliphatic rings. The highest BCUT2D eigenvalue weighted by Gasteiger charge is 2.09. The topological polar surface area (TPSA) is 81.4 Å². The molecule has 0 aliphatic carbocycles. The van der Waals surface area contributed by atoms with Gasteiger partial charge >= 0.3 is 11.8 Å². The second kappa shape index (κ2) is 5.16. The van der Waals surface area contributed by atoms with Crippen LogP contribution in [0, 0.1) is 6.92 Å². The molecule has 0 aliphatic heterocycles. The summed E-state index contributed by atoms with van der Waals surface area (Å²) >= 11 is 0. The highest BCUT2D eigenvalue weighted by Crippen LogP contribution is 2.21. The first kappa shape index (κ1) is 12.0. The van der Waals surface area contributed by atoms with Crippen molar-refractivity contribution >= 4 is 17.5 Å². The van der Waals surface area contributed by atoms with Crippen molar-refractivity contribution < 1.29 is 14.3 Å². The van der Waals surface area contributed by atoms with E-state index in [9.17, 15) is 9.59 Å². The standard InChI is InChI=1S/C11H14N2O3/c1-3-16-9-5-4-8(6-7(9)2)13-11(15)10(12)14/h4-6H,3H2,1-2H3,(H2,12,14)(H,13,15). The van der Waals surface area contributed by atoms with Crippen LogP contribution in [0.25, 0.3) is 0 Å². The van der Waals surface area contributed by atoms with Crippen LogP contribution in [0.4, 0.5) is 5.69 Å². The molecule has 5 nitrogen and oxygen atoms in total. The van der Waals surface area contributed by atoms with Gasteiger partial charge in [-0.05, 0) is 37.6 Å². The monoisotopic (exact) mass is 222 g/mol. The lowest BCUT2D eigenvalue weighted by molar-refractivity contribution is -0.134. The summed E-state index contributed by atoms with van der Waals surface area (Å²) in [6.45, 7) is 4.32. The van der Waals surface area contributed by atoms with Gasteiger partial charge in [0.15, 0.2) is 0 Å². The second-order valence-corrected chi connectivity index (χ2v) is 3.23. The molecule has 0 atom stereocenters. The summed E-state index contributed by atoms with van der Waals surface area (Å²) in [4.78, 5) is 21.6. The van der Waals surface area contributed by atoms with Gasteiger partial charge in [0.2, 0.25) is 0 Å². The smallest absolute Gasteiger partial charge is 0.313 e. The predicted octanol–water partition coefficient (Wildman–Crippen LogP) is 0.818. The number of benzene rings is 1. The number of hydrogen-bond acceptors (Lipinski definition) is 3. The van der Waals surface area contributed by atoms with Gasteiger partial charge in [-0.25, -0.2) is 0 Å². The largest absolute Gasteiger partial charge is 0.494 e. The quantitative estimate of drug-likeness (QED) is 0.743. The first-order chi connectivity index (χ1) is 7.54. The van der Waals surface area contributed by atoms with E-state index >= 15 is 0 Å². The minimum Gasteiger partial charge on any atom is -0.494 e. The van der Waals surface area contributed by atoms with Gasteiger partial charge in [-0.2, -0.15) is 0 Å². The first-order valence-corrected chi connectivity index (χ1v) is 4.88. The van der Waals surface area contributed by atoms with E-state index in [1.807, 2.05) is 13.8 Å². The Hall–Kier alpha value is -2.04. The lowest BCUT2D eigenvalue weighted by atomic mass is 10.2. The zero-order chi connectivity index (χ0) is 12.1. The van der Waals surface area contributed by atoms with Crippen molar-refractivity contribution in [2.45, 2.75) is 13.8 Å². The number of anilines is 1. The Morgan fingerprint density at radius 1 is 1.44 bits per heavy atom. The highest BCUT2D eigenvalue weighted by molar-refractivity contribution is 6.39. The molecular weight excluding hydrogens is 208 g/mol. The van der Waals surface area contributed by atoms with E-state index in [0.29, 0.717) is 12.3 Å². The Morgan fingerprint density at radius 3 is 2.62 bits per heavy atom. The predicted molar refractivity (Wildman–Crippen MR) is 60.2 cm³/mol. The number of primary amides is 1. The van der Waals surface area contributed by atoms with Gasteiger partial charge in [-0.3, -0.25) is 9.59 Å². The number of aryl methyl sites for hydroxylation is 1. The minimum absolute atomic E-state index is 0.518. The van der Waals surface area contributed by atoms with Crippen LogP contribution in [0.5, 0.6) is 5.75 Å². The van der Waals surface area contributed by atoms with Gasteiger partial charge < -0.3 is 15.8 Å². The summed E-state index contributed by atoms with van der Waals surface area (Å²) < 4.78 is 5.34. The molecule has 0 saturated carbocycles. The van der Waals surface area contributed by atoms with Crippen molar-refractivity contribution in [3.8, 4) is 5.75 Å². The van der Waals surface area contributed by atoms with Crippen LogP contribution in [0.1, 0.15) is 12.5 Å². The molecule has 0 heterocycles. The normalized spacial score (nSPS) is 9.62. The molecule has 0 radical (unpaired) electrons. The Kier molecular flexibility index (Phi) is 3.88. The van der Waals surface area contributed by atoms with Crippen LogP contribution >= 0.6 is 0 Å². The Morgan fingerprint density at radius 2 is 2.12 bits per heavy atom. The first-order valence-electron chi connectivity index (χ1n) is 4.88. The van der Waals surface area contributed by atoms with Crippen molar-refractivity contribution in [3.63, 3.8) is 0 Å². The number of hydrogen-bond donors (Lipinski definition) is 2. The van der Waals surface area contributed by atoms with Gasteiger partial charge in [-0.1, -0.05) is 0 Å². The number of nitrogens with two attached hydrogens (primary N) is 1. The van der Waals surface area contributed by atoms with E-state index in [0.717, 1.165) is 11.3 Å². The maximum atomic E-state index is 11.0. The van der Waals surface area contributed by atoms with Crippen LogP contribution in [0.15, 0.2) is 18.2 Å². The summed E-state index contributed by atoms with van der Waals surface area (Å²) in [5.74, 6) is -1.09. The number of rotatable bonds is 3. The van der Waals surface area contributed by atoms with Crippen molar-refractivity contribution in [3.05, 3.63) is 23.8 Å². The zero-order valence-electron chi connectivity index (χ0n) is 9.24. The molecule has 1 rings (SSSR count). The van der Waals surface area contributed by atoms with E-state index in [1.165, 1.54) is 0 Å². The lowest BCUT2D eigenvalue weighted by Crippen LogP contribution is -2.29. The molecule has 2 amide bonds. The minimum atomic E-state index is -1.01. The maximum absolute atomic E-state index is 11.0. The summed E-state index contributed by atoms with van der Waals surface area (Å²) in [5, 5.41) is 2.38. The van der Waals surface area contributed by atoms with E-state index in [-0.39, 0.29) is 0 Å². The number of amides is 2.